The molecule has 1 saturated heterocycles. The second kappa shape index (κ2) is 9.68. The number of carbonyl (C=O) groups is 1. The highest BCUT2D eigenvalue weighted by Gasteiger charge is 2.47. The minimum atomic E-state index is -2.04. The Morgan fingerprint density at radius 3 is 2.20 bits per heavy atom. The highest BCUT2D eigenvalue weighted by atomic mass is 16.7. The smallest absolute Gasteiger partial charge is 0.251 e. The van der Waals surface area contributed by atoms with Crippen molar-refractivity contribution in [3.8, 4) is 0 Å². The maximum atomic E-state index is 11.4. The molecule has 12 nitrogen and oxygen atoms in total. The van der Waals surface area contributed by atoms with Gasteiger partial charge >= 0.3 is 0 Å². The highest BCUT2D eigenvalue weighted by Crippen LogP contribution is 2.24. The van der Waals surface area contributed by atoms with Gasteiger partial charge in [-0.05, 0) is 0 Å². The van der Waals surface area contributed by atoms with Crippen LogP contribution in [0.2, 0.25) is 0 Å². The van der Waals surface area contributed by atoms with Crippen LogP contribution in [0.15, 0.2) is 0 Å². The van der Waals surface area contributed by atoms with Crippen molar-refractivity contribution in [2.75, 3.05) is 20.3 Å². The summed E-state index contributed by atoms with van der Waals surface area (Å²) < 4.78 is 10.2. The van der Waals surface area contributed by atoms with E-state index in [4.69, 9.17) is 19.7 Å². The largest absolute Gasteiger partial charge is 0.394 e. The van der Waals surface area contributed by atoms with E-state index in [1.165, 1.54) is 7.05 Å². The van der Waals surface area contributed by atoms with Crippen LogP contribution < -0.4 is 5.32 Å². The fourth-order valence-corrected chi connectivity index (χ4v) is 2.32. The van der Waals surface area contributed by atoms with Gasteiger partial charge in [0.25, 0.3) is 5.91 Å². The lowest BCUT2D eigenvalue weighted by atomic mass is 9.98. The summed E-state index contributed by atoms with van der Waals surface area (Å²) in [5, 5.41) is 79.0. The fourth-order valence-electron chi connectivity index (χ4n) is 2.32. The summed E-state index contributed by atoms with van der Waals surface area (Å²) in [6.45, 7) is -1.67. The molecule has 9 atom stereocenters. The number of ether oxygens (including phenoxy) is 2. The molecule has 9 N–H and O–H groups in total. The first-order valence-electron chi connectivity index (χ1n) is 7.52. The molecule has 0 aromatic rings. The van der Waals surface area contributed by atoms with Gasteiger partial charge in [0.2, 0.25) is 0 Å². The number of amides is 1. The lowest BCUT2D eigenvalue weighted by Crippen LogP contribution is -2.62. The van der Waals surface area contributed by atoms with Gasteiger partial charge in [-0.15, -0.1) is 0 Å². The molecule has 0 radical (unpaired) electrons. The van der Waals surface area contributed by atoms with Crippen LogP contribution in [-0.4, -0.2) is 122 Å². The third-order valence-electron chi connectivity index (χ3n) is 3.88. The fraction of sp³-hybridized carbons (Fsp3) is 0.923. The van der Waals surface area contributed by atoms with Crippen molar-refractivity contribution in [3.05, 3.63) is 0 Å². The van der Waals surface area contributed by atoms with E-state index < -0.39 is 74.2 Å². The van der Waals surface area contributed by atoms with Crippen LogP contribution in [0.1, 0.15) is 0 Å². The van der Waals surface area contributed by atoms with E-state index in [1.54, 1.807) is 0 Å². The molecule has 1 heterocycles. The molecule has 0 saturated carbocycles. The zero-order chi connectivity index (χ0) is 19.3. The summed E-state index contributed by atoms with van der Waals surface area (Å²) in [5.41, 5.74) is 0. The Balaban J connectivity index is 2.95. The van der Waals surface area contributed by atoms with Gasteiger partial charge in [0.15, 0.2) is 12.4 Å². The summed E-state index contributed by atoms with van der Waals surface area (Å²) in [4.78, 5) is 11.4. The van der Waals surface area contributed by atoms with Crippen molar-refractivity contribution in [1.29, 1.82) is 0 Å². The second-order valence-corrected chi connectivity index (χ2v) is 5.60. The summed E-state index contributed by atoms with van der Waals surface area (Å²) in [5.74, 6) is -1.000. The predicted octanol–water partition coefficient (Wildman–Crippen LogP) is -6.01. The average Bonchev–Trinajstić information content (AvgIpc) is 2.63. The quantitative estimate of drug-likeness (QED) is 0.196. The molecule has 1 amide bonds. The molecule has 1 rings (SSSR count). The normalized spacial score (nSPS) is 34.8. The van der Waals surface area contributed by atoms with Crippen molar-refractivity contribution in [2.24, 2.45) is 0 Å². The number of carbonyl (C=O) groups excluding carboxylic acids is 1. The molecule has 1 aliphatic heterocycles. The Kier molecular flexibility index (Phi) is 8.56. The first kappa shape index (κ1) is 22.1. The molecule has 148 valence electrons. The van der Waals surface area contributed by atoms with Gasteiger partial charge in [0.05, 0.1) is 13.2 Å². The third-order valence-corrected chi connectivity index (χ3v) is 3.88. The first-order valence-corrected chi connectivity index (χ1v) is 7.52. The van der Waals surface area contributed by atoms with Crippen molar-refractivity contribution >= 4 is 5.91 Å². The Morgan fingerprint density at radius 2 is 1.72 bits per heavy atom. The number of nitrogens with one attached hydrogen (secondary N) is 1. The molecule has 12 heteroatoms. The van der Waals surface area contributed by atoms with Gasteiger partial charge < -0.3 is 55.6 Å². The van der Waals surface area contributed by atoms with Crippen LogP contribution in [0.3, 0.4) is 0 Å². The first-order chi connectivity index (χ1) is 11.7. The van der Waals surface area contributed by atoms with Crippen molar-refractivity contribution in [1.82, 2.24) is 5.32 Å². The number of aliphatic hydroxyl groups is 8. The van der Waals surface area contributed by atoms with E-state index in [2.05, 4.69) is 5.32 Å². The Morgan fingerprint density at radius 1 is 1.12 bits per heavy atom. The minimum absolute atomic E-state index is 0.735. The number of rotatable bonds is 8. The average molecular weight is 371 g/mol. The number of aliphatic hydroxyl groups excluding tert-OH is 8. The maximum Gasteiger partial charge on any atom is 0.251 e. The molecule has 0 aromatic carbocycles. The summed E-state index contributed by atoms with van der Waals surface area (Å²) >= 11 is 0. The van der Waals surface area contributed by atoms with Crippen LogP contribution >= 0.6 is 0 Å². The zero-order valence-corrected chi connectivity index (χ0v) is 13.4. The van der Waals surface area contributed by atoms with Crippen molar-refractivity contribution in [3.63, 3.8) is 0 Å². The standard InChI is InChI=1S/C13H25NO11/c1-14-12(23)9(21)8(20)11(4(17)2-15)25-13-10(22)7(19)6(18)5(3-16)24-13/h4-11,13,15-22H,2-3H2,1H3,(H,14,23)/t4-,5-,6+,7+,8?,9-,10+,11?,13?/m0/s1. The van der Waals surface area contributed by atoms with Gasteiger partial charge in [-0.1, -0.05) is 0 Å². The van der Waals surface area contributed by atoms with Crippen LogP contribution in [0.25, 0.3) is 0 Å². The molecule has 0 aliphatic carbocycles. The number of hydrogen-bond donors (Lipinski definition) is 9. The van der Waals surface area contributed by atoms with E-state index in [-0.39, 0.29) is 0 Å². The van der Waals surface area contributed by atoms with Crippen LogP contribution in [0, 0.1) is 0 Å². The Labute approximate surface area is 142 Å². The number of likely N-dealkylation sites (N-methyl/N-ethyl adjacent to an activating group) is 1. The van der Waals surface area contributed by atoms with Crippen molar-refractivity contribution in [2.45, 2.75) is 55.1 Å². The second-order valence-electron chi connectivity index (χ2n) is 5.60. The summed E-state index contributed by atoms with van der Waals surface area (Å²) in [6, 6.07) is 0. The summed E-state index contributed by atoms with van der Waals surface area (Å²) in [6.07, 6.45) is -16.0. The highest BCUT2D eigenvalue weighted by molar-refractivity contribution is 5.80. The van der Waals surface area contributed by atoms with E-state index in [9.17, 15) is 35.4 Å². The topological polar surface area (TPSA) is 209 Å². The lowest BCUT2D eigenvalue weighted by molar-refractivity contribution is -0.326. The monoisotopic (exact) mass is 371 g/mol. The summed E-state index contributed by atoms with van der Waals surface area (Å²) in [7, 11) is 1.19. The van der Waals surface area contributed by atoms with E-state index in [0.29, 0.717) is 0 Å². The third kappa shape index (κ3) is 5.04. The lowest BCUT2D eigenvalue weighted by Gasteiger charge is -2.42. The Hall–Kier alpha value is -0.930. The molecule has 25 heavy (non-hydrogen) atoms. The molecule has 3 unspecified atom stereocenters. The predicted molar refractivity (Wildman–Crippen MR) is 77.8 cm³/mol. The van der Waals surface area contributed by atoms with Crippen LogP contribution in [-0.2, 0) is 14.3 Å². The van der Waals surface area contributed by atoms with Gasteiger partial charge in [-0.3, -0.25) is 4.79 Å². The van der Waals surface area contributed by atoms with Crippen molar-refractivity contribution < 1.29 is 55.1 Å². The molecular weight excluding hydrogens is 346 g/mol. The molecule has 0 spiro atoms. The van der Waals surface area contributed by atoms with Gasteiger partial charge in [0.1, 0.15) is 42.7 Å². The molecule has 0 aromatic heterocycles. The van der Waals surface area contributed by atoms with Gasteiger partial charge in [-0.2, -0.15) is 0 Å². The van der Waals surface area contributed by atoms with E-state index >= 15 is 0 Å². The Bertz CT molecular complexity index is 423. The molecular formula is C13H25NO11. The maximum absolute atomic E-state index is 11.4. The van der Waals surface area contributed by atoms with Gasteiger partial charge in [0, 0.05) is 7.05 Å². The minimum Gasteiger partial charge on any atom is -0.394 e. The molecule has 0 bridgehead atoms. The van der Waals surface area contributed by atoms with Crippen LogP contribution in [0.4, 0.5) is 0 Å². The van der Waals surface area contributed by atoms with Crippen LogP contribution in [0.5, 0.6) is 0 Å². The SMILES string of the molecule is CNC(=O)[C@@H](O)C(O)C(OC1O[C@@H](CO)[C@@H](O)[C@@H](O)[C@H]1O)[C@@H](O)CO. The number of hydrogen-bond acceptors (Lipinski definition) is 11. The van der Waals surface area contributed by atoms with Gasteiger partial charge in [-0.25, -0.2) is 0 Å². The molecule has 1 aliphatic rings. The van der Waals surface area contributed by atoms with E-state index in [1.807, 2.05) is 0 Å². The zero-order valence-electron chi connectivity index (χ0n) is 13.4. The molecule has 1 fully saturated rings. The van der Waals surface area contributed by atoms with E-state index in [0.717, 1.165) is 0 Å².